The van der Waals surface area contributed by atoms with Crippen LogP contribution in [0, 0.1) is 0 Å². The molecule has 0 fully saturated rings. The van der Waals surface area contributed by atoms with E-state index in [2.05, 4.69) is 29.1 Å². The molecule has 6 nitrogen and oxygen atoms in total. The van der Waals surface area contributed by atoms with Crippen LogP contribution in [0.5, 0.6) is 5.75 Å². The fourth-order valence-electron chi connectivity index (χ4n) is 2.59. The quantitative estimate of drug-likeness (QED) is 0.512. The van der Waals surface area contributed by atoms with Crippen LogP contribution in [0.25, 0.3) is 0 Å². The van der Waals surface area contributed by atoms with Crippen LogP contribution in [0.3, 0.4) is 0 Å². The maximum absolute atomic E-state index is 12.4. The molecule has 1 N–H and O–H groups in total. The van der Waals surface area contributed by atoms with Crippen molar-refractivity contribution in [3.8, 4) is 5.75 Å². The Bertz CT molecular complexity index is 571. The van der Waals surface area contributed by atoms with Crippen molar-refractivity contribution in [2.45, 2.75) is 46.6 Å². The van der Waals surface area contributed by atoms with Gasteiger partial charge in [-0.05, 0) is 64.5 Å². The van der Waals surface area contributed by atoms with Crippen molar-refractivity contribution >= 4 is 11.9 Å². The van der Waals surface area contributed by atoms with Gasteiger partial charge in [0.15, 0.2) is 0 Å². The van der Waals surface area contributed by atoms with Gasteiger partial charge in [0.1, 0.15) is 5.75 Å². The van der Waals surface area contributed by atoms with Crippen LogP contribution in [0.2, 0.25) is 0 Å². The molecule has 0 aliphatic heterocycles. The number of aliphatic imine (C=N–C) groups is 1. The van der Waals surface area contributed by atoms with Crippen LogP contribution in [0.4, 0.5) is 0 Å². The Balaban J connectivity index is 2.65. The molecule has 0 aliphatic rings. The molecule has 26 heavy (non-hydrogen) atoms. The normalized spacial score (nSPS) is 12.8. The second-order valence-electron chi connectivity index (χ2n) is 6.07. The fourth-order valence-corrected chi connectivity index (χ4v) is 2.59. The van der Waals surface area contributed by atoms with Gasteiger partial charge < -0.3 is 14.4 Å². The summed E-state index contributed by atoms with van der Waals surface area (Å²) in [5.74, 6) is 0.378. The number of hydrogen-bond donors (Lipinski definition) is 1. The summed E-state index contributed by atoms with van der Waals surface area (Å²) in [6.07, 6.45) is 2.01. The Morgan fingerprint density at radius 2 is 2.00 bits per heavy atom. The molecule has 0 aromatic heterocycles. The van der Waals surface area contributed by atoms with E-state index in [1.54, 1.807) is 31.4 Å². The maximum atomic E-state index is 12.4. The third-order valence-corrected chi connectivity index (χ3v) is 4.16. The number of carbonyl (C=O) groups is 1. The molecule has 1 amide bonds. The zero-order valence-electron chi connectivity index (χ0n) is 16.7. The van der Waals surface area contributed by atoms with Crippen molar-refractivity contribution in [3.63, 3.8) is 0 Å². The Kier molecular flexibility index (Phi) is 10.4. The zero-order chi connectivity index (χ0) is 19.4. The maximum Gasteiger partial charge on any atom is 0.291 e. The van der Waals surface area contributed by atoms with Crippen LogP contribution in [0.15, 0.2) is 29.3 Å². The first-order valence-corrected chi connectivity index (χ1v) is 9.42. The predicted octanol–water partition coefficient (Wildman–Crippen LogP) is 3.33. The highest BCUT2D eigenvalue weighted by Gasteiger charge is 2.12. The van der Waals surface area contributed by atoms with E-state index >= 15 is 0 Å². The molecular formula is C20H33N3O3. The summed E-state index contributed by atoms with van der Waals surface area (Å²) in [6.45, 7) is 11.9. The SMILES string of the molecule is CCOC(=NC(C)CCCN(CC)CC)NC(=O)c1cccc(OC)c1. The highest BCUT2D eigenvalue weighted by molar-refractivity contribution is 6.04. The van der Waals surface area contributed by atoms with Gasteiger partial charge in [-0.1, -0.05) is 19.9 Å². The number of nitrogens with zero attached hydrogens (tertiary/aromatic N) is 2. The van der Waals surface area contributed by atoms with E-state index in [1.165, 1.54) is 0 Å². The smallest absolute Gasteiger partial charge is 0.291 e. The van der Waals surface area contributed by atoms with Crippen molar-refractivity contribution in [2.75, 3.05) is 33.4 Å². The van der Waals surface area contributed by atoms with Gasteiger partial charge in [-0.3, -0.25) is 10.1 Å². The number of amides is 1. The van der Waals surface area contributed by atoms with Crippen molar-refractivity contribution < 1.29 is 14.3 Å². The monoisotopic (exact) mass is 363 g/mol. The molecule has 1 atom stereocenters. The minimum atomic E-state index is -0.258. The lowest BCUT2D eigenvalue weighted by atomic mass is 10.2. The van der Waals surface area contributed by atoms with E-state index in [0.29, 0.717) is 17.9 Å². The molecule has 0 spiro atoms. The molecule has 0 saturated carbocycles. The van der Waals surface area contributed by atoms with Crippen LogP contribution >= 0.6 is 0 Å². The molecule has 6 heteroatoms. The molecule has 146 valence electrons. The third-order valence-electron chi connectivity index (χ3n) is 4.16. The van der Waals surface area contributed by atoms with E-state index in [9.17, 15) is 4.79 Å². The molecule has 1 aromatic carbocycles. The van der Waals surface area contributed by atoms with E-state index < -0.39 is 0 Å². The standard InChI is InChI=1S/C20H33N3O3/c1-6-23(7-2)14-10-11-16(4)21-20(26-8-3)22-19(24)17-12-9-13-18(15-17)25-5/h9,12-13,15-16H,6-8,10-11,14H2,1-5H3,(H,21,22,24). The van der Waals surface area contributed by atoms with Crippen molar-refractivity contribution in [2.24, 2.45) is 4.99 Å². The van der Waals surface area contributed by atoms with Gasteiger partial charge in [0, 0.05) is 5.56 Å². The average molecular weight is 364 g/mol. The van der Waals surface area contributed by atoms with Gasteiger partial charge in [0.05, 0.1) is 19.8 Å². The van der Waals surface area contributed by atoms with Gasteiger partial charge in [-0.25, -0.2) is 4.99 Å². The molecular weight excluding hydrogens is 330 g/mol. The molecule has 1 aromatic rings. The molecule has 1 unspecified atom stereocenters. The second-order valence-corrected chi connectivity index (χ2v) is 6.07. The molecule has 1 rings (SSSR count). The first-order chi connectivity index (χ1) is 12.5. The van der Waals surface area contributed by atoms with Crippen molar-refractivity contribution in [3.05, 3.63) is 29.8 Å². The Hall–Kier alpha value is -2.08. The van der Waals surface area contributed by atoms with E-state index in [-0.39, 0.29) is 18.0 Å². The number of rotatable bonds is 10. The van der Waals surface area contributed by atoms with Crippen LogP contribution < -0.4 is 10.1 Å². The van der Waals surface area contributed by atoms with E-state index in [4.69, 9.17) is 9.47 Å². The molecule has 0 aliphatic carbocycles. The van der Waals surface area contributed by atoms with Crippen LogP contribution in [-0.4, -0.2) is 56.2 Å². The molecule has 0 bridgehead atoms. The van der Waals surface area contributed by atoms with Crippen LogP contribution in [0.1, 0.15) is 50.9 Å². The minimum Gasteiger partial charge on any atom is -0.497 e. The number of methoxy groups -OCH3 is 1. The number of carbonyl (C=O) groups excluding carboxylic acids is 1. The highest BCUT2D eigenvalue weighted by Crippen LogP contribution is 2.12. The van der Waals surface area contributed by atoms with Gasteiger partial charge >= 0.3 is 0 Å². The van der Waals surface area contributed by atoms with Gasteiger partial charge in [-0.2, -0.15) is 0 Å². The largest absolute Gasteiger partial charge is 0.497 e. The number of amidine groups is 1. The molecule has 0 saturated heterocycles. The zero-order valence-corrected chi connectivity index (χ0v) is 16.7. The van der Waals surface area contributed by atoms with E-state index in [0.717, 1.165) is 32.5 Å². The fraction of sp³-hybridized carbons (Fsp3) is 0.600. The third kappa shape index (κ3) is 7.87. The second kappa shape index (κ2) is 12.3. The van der Waals surface area contributed by atoms with Crippen molar-refractivity contribution in [1.29, 1.82) is 0 Å². The summed E-state index contributed by atoms with van der Waals surface area (Å²) >= 11 is 0. The van der Waals surface area contributed by atoms with Gasteiger partial charge in [0.25, 0.3) is 11.9 Å². The van der Waals surface area contributed by atoms with E-state index in [1.807, 2.05) is 13.8 Å². The first kappa shape index (κ1) is 22.0. The summed E-state index contributed by atoms with van der Waals surface area (Å²) in [5.41, 5.74) is 0.505. The summed E-state index contributed by atoms with van der Waals surface area (Å²) in [4.78, 5) is 19.4. The molecule has 0 heterocycles. The summed E-state index contributed by atoms with van der Waals surface area (Å²) in [6, 6.07) is 7.35. The minimum absolute atomic E-state index is 0.0812. The summed E-state index contributed by atoms with van der Waals surface area (Å²) < 4.78 is 10.7. The first-order valence-electron chi connectivity index (χ1n) is 9.42. The topological polar surface area (TPSA) is 63.2 Å². The lowest BCUT2D eigenvalue weighted by molar-refractivity contribution is 0.0965. The number of nitrogens with one attached hydrogen (secondary N) is 1. The lowest BCUT2D eigenvalue weighted by Crippen LogP contribution is -2.33. The number of ether oxygens (including phenoxy) is 2. The van der Waals surface area contributed by atoms with Crippen LogP contribution in [-0.2, 0) is 4.74 Å². The number of hydrogen-bond acceptors (Lipinski definition) is 5. The Morgan fingerprint density at radius 1 is 1.27 bits per heavy atom. The Labute approximate surface area is 157 Å². The Morgan fingerprint density at radius 3 is 2.62 bits per heavy atom. The highest BCUT2D eigenvalue weighted by atomic mass is 16.5. The number of benzene rings is 1. The molecule has 0 radical (unpaired) electrons. The summed E-state index contributed by atoms with van der Waals surface area (Å²) in [7, 11) is 1.57. The average Bonchev–Trinajstić information content (AvgIpc) is 2.65. The predicted molar refractivity (Wildman–Crippen MR) is 106 cm³/mol. The van der Waals surface area contributed by atoms with Gasteiger partial charge in [-0.15, -0.1) is 0 Å². The van der Waals surface area contributed by atoms with Crippen molar-refractivity contribution in [1.82, 2.24) is 10.2 Å². The summed E-state index contributed by atoms with van der Waals surface area (Å²) in [5, 5.41) is 2.76. The lowest BCUT2D eigenvalue weighted by Gasteiger charge is -2.18. The van der Waals surface area contributed by atoms with Gasteiger partial charge in [0.2, 0.25) is 0 Å².